The molecule has 2 aromatic carbocycles. The van der Waals surface area contributed by atoms with Gasteiger partial charge in [-0.05, 0) is 43.9 Å². The molecule has 2 aromatic rings. The van der Waals surface area contributed by atoms with Crippen LogP contribution < -0.4 is 5.73 Å². The molecule has 1 atom stereocenters. The Morgan fingerprint density at radius 3 is 2.39 bits per heavy atom. The fraction of sp³-hybridized carbons (Fsp3) is 0.294. The molecular weight excluding hydrogens is 218 g/mol. The molecule has 0 amide bonds. The lowest BCUT2D eigenvalue weighted by molar-refractivity contribution is 0.715. The number of aryl methyl sites for hydroxylation is 3. The molecule has 2 rings (SSSR count). The molecule has 0 aromatic heterocycles. The van der Waals surface area contributed by atoms with E-state index in [9.17, 15) is 0 Å². The first-order chi connectivity index (χ1) is 8.56. The summed E-state index contributed by atoms with van der Waals surface area (Å²) in [5, 5.41) is 0. The summed E-state index contributed by atoms with van der Waals surface area (Å²) in [4.78, 5) is 0. The van der Waals surface area contributed by atoms with Crippen LogP contribution in [-0.4, -0.2) is 0 Å². The molecule has 1 heteroatoms. The van der Waals surface area contributed by atoms with Crippen LogP contribution in [0.4, 0.5) is 0 Å². The van der Waals surface area contributed by atoms with Gasteiger partial charge in [0.15, 0.2) is 0 Å². The summed E-state index contributed by atoms with van der Waals surface area (Å²) in [5.74, 6) is 0. The van der Waals surface area contributed by atoms with Crippen molar-refractivity contribution in [2.24, 2.45) is 5.73 Å². The van der Waals surface area contributed by atoms with E-state index in [1.807, 2.05) is 0 Å². The summed E-state index contributed by atoms with van der Waals surface area (Å²) >= 11 is 0. The largest absolute Gasteiger partial charge is 0.324 e. The summed E-state index contributed by atoms with van der Waals surface area (Å²) in [7, 11) is 0. The molecule has 0 radical (unpaired) electrons. The zero-order valence-corrected chi connectivity index (χ0v) is 11.4. The van der Waals surface area contributed by atoms with E-state index in [1.165, 1.54) is 27.8 Å². The van der Waals surface area contributed by atoms with Crippen LogP contribution in [0, 0.1) is 20.8 Å². The third kappa shape index (κ3) is 2.99. The standard InChI is InChI=1S/C17H21N/c1-12-5-4-6-15(9-12)11-17(18)16-10-13(2)7-8-14(16)3/h4-10,17H,11,18H2,1-3H3. The second-order valence-electron chi connectivity index (χ2n) is 5.16. The smallest absolute Gasteiger partial charge is 0.0338 e. The number of hydrogen-bond donors (Lipinski definition) is 1. The van der Waals surface area contributed by atoms with E-state index >= 15 is 0 Å². The molecule has 0 bridgehead atoms. The molecule has 0 saturated carbocycles. The Morgan fingerprint density at radius 2 is 1.67 bits per heavy atom. The molecule has 0 heterocycles. The van der Waals surface area contributed by atoms with Crippen molar-refractivity contribution < 1.29 is 0 Å². The van der Waals surface area contributed by atoms with Gasteiger partial charge < -0.3 is 5.73 Å². The van der Waals surface area contributed by atoms with Crippen LogP contribution in [0.5, 0.6) is 0 Å². The third-order valence-corrected chi connectivity index (χ3v) is 3.37. The summed E-state index contributed by atoms with van der Waals surface area (Å²) < 4.78 is 0. The fourth-order valence-electron chi connectivity index (χ4n) is 2.36. The van der Waals surface area contributed by atoms with E-state index in [0.717, 1.165) is 6.42 Å². The second-order valence-corrected chi connectivity index (χ2v) is 5.16. The van der Waals surface area contributed by atoms with Gasteiger partial charge in [0.05, 0.1) is 0 Å². The van der Waals surface area contributed by atoms with Crippen molar-refractivity contribution in [3.63, 3.8) is 0 Å². The minimum Gasteiger partial charge on any atom is -0.324 e. The van der Waals surface area contributed by atoms with Crippen LogP contribution in [0.1, 0.15) is 33.9 Å². The van der Waals surface area contributed by atoms with Crippen LogP contribution in [-0.2, 0) is 6.42 Å². The average Bonchev–Trinajstić information content (AvgIpc) is 2.32. The van der Waals surface area contributed by atoms with Gasteiger partial charge in [0.2, 0.25) is 0 Å². The van der Waals surface area contributed by atoms with E-state index in [1.54, 1.807) is 0 Å². The van der Waals surface area contributed by atoms with E-state index in [2.05, 4.69) is 63.2 Å². The van der Waals surface area contributed by atoms with E-state index in [4.69, 9.17) is 5.73 Å². The summed E-state index contributed by atoms with van der Waals surface area (Å²) in [6.07, 6.45) is 0.895. The van der Waals surface area contributed by atoms with Crippen LogP contribution in [0.2, 0.25) is 0 Å². The maximum Gasteiger partial charge on any atom is 0.0338 e. The third-order valence-electron chi connectivity index (χ3n) is 3.37. The molecule has 0 spiro atoms. The maximum absolute atomic E-state index is 6.35. The minimum absolute atomic E-state index is 0.0756. The van der Waals surface area contributed by atoms with E-state index < -0.39 is 0 Å². The van der Waals surface area contributed by atoms with Gasteiger partial charge in [-0.25, -0.2) is 0 Å². The molecule has 18 heavy (non-hydrogen) atoms. The van der Waals surface area contributed by atoms with Crippen molar-refractivity contribution in [2.75, 3.05) is 0 Å². The Hall–Kier alpha value is -1.60. The van der Waals surface area contributed by atoms with Crippen molar-refractivity contribution in [1.82, 2.24) is 0 Å². The van der Waals surface area contributed by atoms with E-state index in [0.29, 0.717) is 0 Å². The highest BCUT2D eigenvalue weighted by Crippen LogP contribution is 2.21. The monoisotopic (exact) mass is 239 g/mol. The number of rotatable bonds is 3. The highest BCUT2D eigenvalue weighted by molar-refractivity contribution is 5.34. The number of nitrogens with two attached hydrogens (primary N) is 1. The van der Waals surface area contributed by atoms with Gasteiger partial charge in [0, 0.05) is 6.04 Å². The van der Waals surface area contributed by atoms with Gasteiger partial charge in [0.1, 0.15) is 0 Å². The molecular formula is C17H21N. The molecule has 94 valence electrons. The Bertz CT molecular complexity index is 543. The molecule has 1 nitrogen and oxygen atoms in total. The maximum atomic E-state index is 6.35. The van der Waals surface area contributed by atoms with Crippen molar-refractivity contribution in [3.8, 4) is 0 Å². The Morgan fingerprint density at radius 1 is 0.944 bits per heavy atom. The predicted molar refractivity (Wildman–Crippen MR) is 77.7 cm³/mol. The lowest BCUT2D eigenvalue weighted by Crippen LogP contribution is -2.15. The molecule has 0 saturated heterocycles. The highest BCUT2D eigenvalue weighted by atomic mass is 14.6. The Balaban J connectivity index is 2.21. The van der Waals surface area contributed by atoms with Gasteiger partial charge in [-0.1, -0.05) is 53.6 Å². The van der Waals surface area contributed by atoms with Crippen LogP contribution >= 0.6 is 0 Å². The zero-order valence-electron chi connectivity index (χ0n) is 11.4. The van der Waals surface area contributed by atoms with Crippen LogP contribution in [0.15, 0.2) is 42.5 Å². The number of benzene rings is 2. The quantitative estimate of drug-likeness (QED) is 0.865. The van der Waals surface area contributed by atoms with E-state index in [-0.39, 0.29) is 6.04 Å². The van der Waals surface area contributed by atoms with Gasteiger partial charge in [0.25, 0.3) is 0 Å². The lowest BCUT2D eigenvalue weighted by atomic mass is 9.94. The van der Waals surface area contributed by atoms with Crippen LogP contribution in [0.25, 0.3) is 0 Å². The molecule has 1 unspecified atom stereocenters. The van der Waals surface area contributed by atoms with Gasteiger partial charge in [-0.2, -0.15) is 0 Å². The summed E-state index contributed by atoms with van der Waals surface area (Å²) in [6.45, 7) is 6.36. The SMILES string of the molecule is Cc1cccc(CC(N)c2cc(C)ccc2C)c1. The fourth-order valence-corrected chi connectivity index (χ4v) is 2.36. The Labute approximate surface area is 110 Å². The molecule has 0 fully saturated rings. The minimum atomic E-state index is 0.0756. The predicted octanol–water partition coefficient (Wildman–Crippen LogP) is 3.85. The van der Waals surface area contributed by atoms with Crippen molar-refractivity contribution in [2.45, 2.75) is 33.2 Å². The molecule has 0 aliphatic carbocycles. The Kier molecular flexibility index (Phi) is 3.83. The van der Waals surface area contributed by atoms with Crippen molar-refractivity contribution >= 4 is 0 Å². The molecule has 2 N–H and O–H groups in total. The first-order valence-corrected chi connectivity index (χ1v) is 6.44. The topological polar surface area (TPSA) is 26.0 Å². The lowest BCUT2D eigenvalue weighted by Gasteiger charge is -2.16. The second kappa shape index (κ2) is 5.36. The molecule has 0 aliphatic rings. The molecule has 0 aliphatic heterocycles. The highest BCUT2D eigenvalue weighted by Gasteiger charge is 2.10. The first-order valence-electron chi connectivity index (χ1n) is 6.44. The van der Waals surface area contributed by atoms with Gasteiger partial charge in [-0.15, -0.1) is 0 Å². The van der Waals surface area contributed by atoms with Crippen molar-refractivity contribution in [3.05, 3.63) is 70.3 Å². The first kappa shape index (κ1) is 12.8. The van der Waals surface area contributed by atoms with Crippen LogP contribution in [0.3, 0.4) is 0 Å². The summed E-state index contributed by atoms with van der Waals surface area (Å²) in [6, 6.07) is 15.2. The van der Waals surface area contributed by atoms with Gasteiger partial charge >= 0.3 is 0 Å². The van der Waals surface area contributed by atoms with Crippen molar-refractivity contribution in [1.29, 1.82) is 0 Å². The zero-order chi connectivity index (χ0) is 13.1. The number of hydrogen-bond acceptors (Lipinski definition) is 1. The average molecular weight is 239 g/mol. The van der Waals surface area contributed by atoms with Gasteiger partial charge in [-0.3, -0.25) is 0 Å². The normalized spacial score (nSPS) is 12.4. The summed E-state index contributed by atoms with van der Waals surface area (Å²) in [5.41, 5.74) is 12.8.